The van der Waals surface area contributed by atoms with Gasteiger partial charge in [-0.1, -0.05) is 12.1 Å². The van der Waals surface area contributed by atoms with Gasteiger partial charge in [0.25, 0.3) is 0 Å². The first-order valence-electron chi connectivity index (χ1n) is 4.95. The summed E-state index contributed by atoms with van der Waals surface area (Å²) in [6.07, 6.45) is 0. The van der Waals surface area contributed by atoms with Crippen molar-refractivity contribution in [3.63, 3.8) is 0 Å². The van der Waals surface area contributed by atoms with Crippen LogP contribution >= 0.6 is 27.3 Å². The van der Waals surface area contributed by atoms with Gasteiger partial charge in [-0.3, -0.25) is 5.41 Å². The summed E-state index contributed by atoms with van der Waals surface area (Å²) in [5.41, 5.74) is 6.09. The number of nitrogens with two attached hydrogens (primary N) is 1. The molecule has 3 N–H and O–H groups in total. The van der Waals surface area contributed by atoms with Gasteiger partial charge in [0.1, 0.15) is 18.2 Å². The SMILES string of the molecule is N=C(N)c1cccc(OCc2cc(Br)cs2)c1. The molecule has 17 heavy (non-hydrogen) atoms. The highest BCUT2D eigenvalue weighted by Gasteiger charge is 2.01. The Kier molecular flexibility index (Phi) is 3.81. The minimum Gasteiger partial charge on any atom is -0.488 e. The molecule has 1 aromatic heterocycles. The molecule has 0 aliphatic rings. The van der Waals surface area contributed by atoms with Gasteiger partial charge in [0, 0.05) is 20.3 Å². The molecule has 0 saturated carbocycles. The number of halogens is 1. The molecule has 0 fully saturated rings. The summed E-state index contributed by atoms with van der Waals surface area (Å²) < 4.78 is 6.70. The van der Waals surface area contributed by atoms with Crippen LogP contribution < -0.4 is 10.5 Å². The topological polar surface area (TPSA) is 59.1 Å². The summed E-state index contributed by atoms with van der Waals surface area (Å²) in [6, 6.07) is 9.27. The number of amidine groups is 1. The van der Waals surface area contributed by atoms with E-state index in [0.29, 0.717) is 12.2 Å². The highest BCUT2D eigenvalue weighted by atomic mass is 79.9. The van der Waals surface area contributed by atoms with E-state index in [1.807, 2.05) is 23.6 Å². The summed E-state index contributed by atoms with van der Waals surface area (Å²) in [4.78, 5) is 1.14. The molecule has 0 saturated heterocycles. The van der Waals surface area contributed by atoms with Crippen LogP contribution in [0.25, 0.3) is 0 Å². The maximum absolute atomic E-state index is 7.35. The lowest BCUT2D eigenvalue weighted by molar-refractivity contribution is 0.309. The number of nitrogens with one attached hydrogen (secondary N) is 1. The van der Waals surface area contributed by atoms with E-state index < -0.39 is 0 Å². The van der Waals surface area contributed by atoms with Crippen molar-refractivity contribution in [3.8, 4) is 5.75 Å². The van der Waals surface area contributed by atoms with Crippen molar-refractivity contribution < 1.29 is 4.74 Å². The smallest absolute Gasteiger partial charge is 0.122 e. The minimum atomic E-state index is 0.0503. The average molecular weight is 311 g/mol. The highest BCUT2D eigenvalue weighted by Crippen LogP contribution is 2.22. The molecule has 3 nitrogen and oxygen atoms in total. The number of ether oxygens (including phenoxy) is 1. The minimum absolute atomic E-state index is 0.0503. The summed E-state index contributed by atoms with van der Waals surface area (Å²) >= 11 is 5.04. The second kappa shape index (κ2) is 5.33. The first-order valence-corrected chi connectivity index (χ1v) is 6.62. The van der Waals surface area contributed by atoms with Crippen LogP contribution in [-0.4, -0.2) is 5.84 Å². The van der Waals surface area contributed by atoms with Crippen LogP contribution in [-0.2, 0) is 6.61 Å². The normalized spacial score (nSPS) is 10.2. The van der Waals surface area contributed by atoms with Crippen LogP contribution in [0.4, 0.5) is 0 Å². The molecule has 0 spiro atoms. The van der Waals surface area contributed by atoms with Crippen molar-refractivity contribution in [1.82, 2.24) is 0 Å². The van der Waals surface area contributed by atoms with Crippen LogP contribution in [0.1, 0.15) is 10.4 Å². The van der Waals surface area contributed by atoms with E-state index in [4.69, 9.17) is 15.9 Å². The van der Waals surface area contributed by atoms with Gasteiger partial charge in [-0.25, -0.2) is 0 Å². The van der Waals surface area contributed by atoms with Gasteiger partial charge in [-0.15, -0.1) is 11.3 Å². The molecule has 0 aliphatic heterocycles. The van der Waals surface area contributed by atoms with E-state index in [2.05, 4.69) is 15.9 Å². The Morgan fingerprint density at radius 2 is 2.24 bits per heavy atom. The molecule has 0 bridgehead atoms. The van der Waals surface area contributed by atoms with Gasteiger partial charge >= 0.3 is 0 Å². The standard InChI is InChI=1S/C12H11BrN2OS/c13-9-5-11(17-7-9)6-16-10-3-1-2-8(4-10)12(14)15/h1-5,7H,6H2,(H3,14,15). The number of hydrogen-bond donors (Lipinski definition) is 2. The molecule has 1 heterocycles. The summed E-state index contributed by atoms with van der Waals surface area (Å²) in [5, 5.41) is 9.37. The zero-order chi connectivity index (χ0) is 12.3. The van der Waals surface area contributed by atoms with E-state index in [1.165, 1.54) is 0 Å². The lowest BCUT2D eigenvalue weighted by Gasteiger charge is -2.06. The number of hydrogen-bond acceptors (Lipinski definition) is 3. The van der Waals surface area contributed by atoms with Crippen LogP contribution in [0.3, 0.4) is 0 Å². The van der Waals surface area contributed by atoms with Crippen LogP contribution in [0.2, 0.25) is 0 Å². The van der Waals surface area contributed by atoms with Crippen molar-refractivity contribution in [3.05, 3.63) is 50.6 Å². The molecule has 2 rings (SSSR count). The van der Waals surface area contributed by atoms with Crippen molar-refractivity contribution in [2.24, 2.45) is 5.73 Å². The molecule has 0 aliphatic carbocycles. The van der Waals surface area contributed by atoms with Crippen molar-refractivity contribution in [1.29, 1.82) is 5.41 Å². The number of benzene rings is 1. The summed E-state index contributed by atoms with van der Waals surface area (Å²) in [5.74, 6) is 0.775. The third-order valence-corrected chi connectivity index (χ3v) is 3.82. The molecule has 88 valence electrons. The summed E-state index contributed by atoms with van der Waals surface area (Å²) in [6.45, 7) is 0.525. The largest absolute Gasteiger partial charge is 0.488 e. The van der Waals surface area contributed by atoms with Crippen molar-refractivity contribution in [2.45, 2.75) is 6.61 Å². The highest BCUT2D eigenvalue weighted by molar-refractivity contribution is 9.10. The van der Waals surface area contributed by atoms with E-state index in [0.717, 1.165) is 15.1 Å². The molecule has 1 aromatic carbocycles. The zero-order valence-electron chi connectivity index (χ0n) is 8.94. The predicted octanol–water partition coefficient (Wildman–Crippen LogP) is 3.37. The monoisotopic (exact) mass is 310 g/mol. The van der Waals surface area contributed by atoms with E-state index >= 15 is 0 Å². The molecule has 0 radical (unpaired) electrons. The Morgan fingerprint density at radius 1 is 1.41 bits per heavy atom. The fourth-order valence-electron chi connectivity index (χ4n) is 1.34. The van der Waals surface area contributed by atoms with E-state index in [1.54, 1.807) is 23.5 Å². The molecular formula is C12H11BrN2OS. The molecule has 5 heteroatoms. The van der Waals surface area contributed by atoms with Crippen molar-refractivity contribution in [2.75, 3.05) is 0 Å². The van der Waals surface area contributed by atoms with Crippen LogP contribution in [0.5, 0.6) is 5.75 Å². The molecule has 0 atom stereocenters. The predicted molar refractivity (Wildman–Crippen MR) is 73.8 cm³/mol. The quantitative estimate of drug-likeness (QED) is 0.672. The van der Waals surface area contributed by atoms with Gasteiger partial charge in [0.2, 0.25) is 0 Å². The van der Waals surface area contributed by atoms with Crippen molar-refractivity contribution >= 4 is 33.1 Å². The molecule has 0 amide bonds. The Balaban J connectivity index is 2.04. The fraction of sp³-hybridized carbons (Fsp3) is 0.0833. The molecule has 0 unspecified atom stereocenters. The Morgan fingerprint density at radius 3 is 2.88 bits per heavy atom. The number of rotatable bonds is 4. The second-order valence-corrected chi connectivity index (χ2v) is 5.37. The molecule has 2 aromatic rings. The summed E-state index contributed by atoms with van der Waals surface area (Å²) in [7, 11) is 0. The number of thiophene rings is 1. The van der Waals surface area contributed by atoms with Gasteiger partial charge < -0.3 is 10.5 Å². The third kappa shape index (κ3) is 3.31. The molecular weight excluding hydrogens is 300 g/mol. The average Bonchev–Trinajstić information content (AvgIpc) is 2.73. The van der Waals surface area contributed by atoms with Gasteiger partial charge in [0.15, 0.2) is 0 Å². The Labute approximate surface area is 112 Å². The van der Waals surface area contributed by atoms with Crippen LogP contribution in [0, 0.1) is 5.41 Å². The van der Waals surface area contributed by atoms with E-state index in [-0.39, 0.29) is 5.84 Å². The second-order valence-electron chi connectivity index (χ2n) is 3.46. The third-order valence-electron chi connectivity index (χ3n) is 2.15. The Hall–Kier alpha value is -1.33. The van der Waals surface area contributed by atoms with E-state index in [9.17, 15) is 0 Å². The lowest BCUT2D eigenvalue weighted by Crippen LogP contribution is -2.10. The maximum atomic E-state index is 7.35. The lowest BCUT2D eigenvalue weighted by atomic mass is 10.2. The first kappa shape index (κ1) is 12.1. The zero-order valence-corrected chi connectivity index (χ0v) is 11.3. The maximum Gasteiger partial charge on any atom is 0.122 e. The first-order chi connectivity index (χ1) is 8.15. The number of nitrogen functional groups attached to an aromatic ring is 1. The fourth-order valence-corrected chi connectivity index (χ4v) is 2.70. The van der Waals surface area contributed by atoms with Gasteiger partial charge in [-0.05, 0) is 34.1 Å². The van der Waals surface area contributed by atoms with Gasteiger partial charge in [0.05, 0.1) is 0 Å². The van der Waals surface area contributed by atoms with Gasteiger partial charge in [-0.2, -0.15) is 0 Å². The Bertz CT molecular complexity index is 539. The van der Waals surface area contributed by atoms with Crippen LogP contribution in [0.15, 0.2) is 40.2 Å².